The monoisotopic (exact) mass is 192 g/mol. The first-order valence-corrected chi connectivity index (χ1v) is 4.71. The lowest BCUT2D eigenvalue weighted by molar-refractivity contribution is -0.124. The molecule has 0 spiro atoms. The number of nitrogens with one attached hydrogen (secondary N) is 1. The van der Waals surface area contributed by atoms with Gasteiger partial charge in [-0.2, -0.15) is 5.26 Å². The Labute approximate surface area is 84.8 Å². The molecule has 0 saturated heterocycles. The van der Waals surface area contributed by atoms with Gasteiger partial charge in [-0.1, -0.05) is 13.8 Å². The lowest BCUT2D eigenvalue weighted by Crippen LogP contribution is -2.48. The molecule has 0 saturated carbocycles. The molecule has 76 valence electrons. The maximum atomic E-state index is 11.8. The van der Waals surface area contributed by atoms with E-state index in [2.05, 4.69) is 5.32 Å². The number of allylic oxidation sites excluding steroid dienone is 1. The minimum Gasteiger partial charge on any atom is -0.311 e. The number of likely N-dealkylation sites (N-methyl/N-ethyl adjacent to an activating group) is 1. The zero-order valence-electron chi connectivity index (χ0n) is 9.14. The van der Waals surface area contributed by atoms with Crippen molar-refractivity contribution in [3.63, 3.8) is 0 Å². The summed E-state index contributed by atoms with van der Waals surface area (Å²) in [7, 11) is 1.84. The number of nitrogens with zero attached hydrogens (tertiary/aromatic N) is 1. The van der Waals surface area contributed by atoms with E-state index in [4.69, 9.17) is 5.26 Å². The molecule has 1 atom stereocenters. The van der Waals surface area contributed by atoms with Crippen LogP contribution in [-0.2, 0) is 4.79 Å². The van der Waals surface area contributed by atoms with E-state index in [1.54, 1.807) is 6.08 Å². The fraction of sp³-hybridized carbons (Fsp3) is 0.636. The average Bonchev–Trinajstić information content (AvgIpc) is 2.11. The van der Waals surface area contributed by atoms with Crippen molar-refractivity contribution in [1.82, 2.24) is 5.32 Å². The highest BCUT2D eigenvalue weighted by molar-refractivity contribution is 6.03. The van der Waals surface area contributed by atoms with E-state index in [-0.39, 0.29) is 16.9 Å². The summed E-state index contributed by atoms with van der Waals surface area (Å²) in [5, 5.41) is 12.0. The summed E-state index contributed by atoms with van der Waals surface area (Å²) in [4.78, 5) is 11.8. The zero-order chi connectivity index (χ0) is 11.0. The maximum absolute atomic E-state index is 11.8. The summed E-state index contributed by atoms with van der Waals surface area (Å²) in [6, 6.07) is 1.97. The molecule has 1 N–H and O–H groups in total. The molecular weight excluding hydrogens is 176 g/mol. The Morgan fingerprint density at radius 2 is 2.07 bits per heavy atom. The minimum absolute atomic E-state index is 0.0484. The predicted molar refractivity (Wildman–Crippen MR) is 54.6 cm³/mol. The summed E-state index contributed by atoms with van der Waals surface area (Å²) in [6.07, 6.45) is 2.46. The molecule has 14 heavy (non-hydrogen) atoms. The molecule has 1 aliphatic carbocycles. The number of Topliss-reactive ketones (excluding diaryl/α,β-unsaturated/α-hetero) is 1. The van der Waals surface area contributed by atoms with Gasteiger partial charge >= 0.3 is 0 Å². The molecular formula is C11H16N2O. The zero-order valence-corrected chi connectivity index (χ0v) is 9.14. The molecule has 3 nitrogen and oxygen atoms in total. The van der Waals surface area contributed by atoms with Crippen LogP contribution in [-0.4, -0.2) is 18.4 Å². The van der Waals surface area contributed by atoms with Gasteiger partial charge in [0.25, 0.3) is 0 Å². The lowest BCUT2D eigenvalue weighted by atomic mass is 9.69. The molecule has 0 aliphatic heterocycles. The molecule has 0 bridgehead atoms. The van der Waals surface area contributed by atoms with Crippen molar-refractivity contribution in [2.24, 2.45) is 5.41 Å². The standard InChI is InChI=1S/C11H16N2O/c1-10(2)7-11(3,13-4)5-8(6-12)9(10)14/h5,13H,7H2,1-4H3. The molecule has 1 unspecified atom stereocenters. The Morgan fingerprint density at radius 1 is 1.50 bits per heavy atom. The highest BCUT2D eigenvalue weighted by Gasteiger charge is 2.41. The summed E-state index contributed by atoms with van der Waals surface area (Å²) < 4.78 is 0. The average molecular weight is 192 g/mol. The van der Waals surface area contributed by atoms with Crippen molar-refractivity contribution in [1.29, 1.82) is 5.26 Å². The van der Waals surface area contributed by atoms with Crippen LogP contribution in [0.3, 0.4) is 0 Å². The Bertz CT molecular complexity index is 336. The van der Waals surface area contributed by atoms with Crippen molar-refractivity contribution in [2.45, 2.75) is 32.7 Å². The highest BCUT2D eigenvalue weighted by Crippen LogP contribution is 2.36. The normalized spacial score (nSPS) is 30.8. The van der Waals surface area contributed by atoms with E-state index < -0.39 is 5.41 Å². The van der Waals surface area contributed by atoms with Crippen molar-refractivity contribution >= 4 is 5.78 Å². The van der Waals surface area contributed by atoms with Crippen molar-refractivity contribution < 1.29 is 4.79 Å². The Balaban J connectivity index is 3.20. The van der Waals surface area contributed by atoms with Crippen LogP contribution in [0.5, 0.6) is 0 Å². The van der Waals surface area contributed by atoms with E-state index >= 15 is 0 Å². The second-order valence-corrected chi connectivity index (χ2v) is 4.73. The van der Waals surface area contributed by atoms with Gasteiger partial charge in [-0.25, -0.2) is 0 Å². The summed E-state index contributed by atoms with van der Waals surface area (Å²) in [5.41, 5.74) is -0.418. The molecule has 0 aromatic carbocycles. The Hall–Kier alpha value is -1.14. The maximum Gasteiger partial charge on any atom is 0.178 e. The van der Waals surface area contributed by atoms with E-state index in [9.17, 15) is 4.79 Å². The molecule has 0 aromatic rings. The molecule has 0 aromatic heterocycles. The summed E-state index contributed by atoms with van der Waals surface area (Å²) in [6.45, 7) is 5.77. The number of rotatable bonds is 1. The van der Waals surface area contributed by atoms with E-state index in [0.29, 0.717) is 0 Å². The first kappa shape index (κ1) is 10.9. The molecule has 0 heterocycles. The van der Waals surface area contributed by atoms with Gasteiger partial charge in [0.15, 0.2) is 5.78 Å². The molecule has 1 aliphatic rings. The minimum atomic E-state index is -0.447. The first-order valence-electron chi connectivity index (χ1n) is 4.71. The van der Waals surface area contributed by atoms with Crippen LogP contribution >= 0.6 is 0 Å². The lowest BCUT2D eigenvalue weighted by Gasteiger charge is -2.38. The van der Waals surface area contributed by atoms with Gasteiger partial charge in [-0.15, -0.1) is 0 Å². The molecule has 3 heteroatoms. The number of carbonyl (C=O) groups excluding carboxylic acids is 1. The fourth-order valence-electron chi connectivity index (χ4n) is 2.04. The van der Waals surface area contributed by atoms with Crippen LogP contribution in [0.2, 0.25) is 0 Å². The number of carbonyl (C=O) groups is 1. The molecule has 0 fully saturated rings. The quantitative estimate of drug-likeness (QED) is 0.683. The van der Waals surface area contributed by atoms with E-state index in [1.165, 1.54) is 0 Å². The van der Waals surface area contributed by atoms with Gasteiger partial charge in [0.2, 0.25) is 0 Å². The predicted octanol–water partition coefficient (Wildman–Crippen LogP) is 1.41. The Kier molecular flexibility index (Phi) is 2.51. The second-order valence-electron chi connectivity index (χ2n) is 4.73. The van der Waals surface area contributed by atoms with Gasteiger partial charge in [0, 0.05) is 11.0 Å². The number of ketones is 1. The van der Waals surface area contributed by atoms with Gasteiger partial charge in [0.1, 0.15) is 6.07 Å². The largest absolute Gasteiger partial charge is 0.311 e. The van der Waals surface area contributed by atoms with Crippen molar-refractivity contribution in [3.8, 4) is 6.07 Å². The molecule has 0 radical (unpaired) electrons. The van der Waals surface area contributed by atoms with E-state index in [1.807, 2.05) is 33.9 Å². The van der Waals surface area contributed by atoms with Crippen molar-refractivity contribution in [2.75, 3.05) is 7.05 Å². The number of hydrogen-bond donors (Lipinski definition) is 1. The van der Waals surface area contributed by atoms with Gasteiger partial charge in [0.05, 0.1) is 5.57 Å². The molecule has 0 amide bonds. The van der Waals surface area contributed by atoms with Gasteiger partial charge in [-0.3, -0.25) is 4.79 Å². The molecule has 1 rings (SSSR count). The fourth-order valence-corrected chi connectivity index (χ4v) is 2.04. The third-order valence-corrected chi connectivity index (χ3v) is 2.82. The van der Waals surface area contributed by atoms with Gasteiger partial charge < -0.3 is 5.32 Å². The summed E-state index contributed by atoms with van der Waals surface area (Å²) >= 11 is 0. The van der Waals surface area contributed by atoms with Crippen LogP contribution in [0, 0.1) is 16.7 Å². The van der Waals surface area contributed by atoms with Crippen LogP contribution in [0.1, 0.15) is 27.2 Å². The summed E-state index contributed by atoms with van der Waals surface area (Å²) in [5.74, 6) is -0.0484. The first-order chi connectivity index (χ1) is 6.34. The number of nitriles is 1. The van der Waals surface area contributed by atoms with Gasteiger partial charge in [-0.05, 0) is 26.5 Å². The third-order valence-electron chi connectivity index (χ3n) is 2.82. The smallest absolute Gasteiger partial charge is 0.178 e. The van der Waals surface area contributed by atoms with Crippen LogP contribution < -0.4 is 5.32 Å². The second kappa shape index (κ2) is 3.21. The van der Waals surface area contributed by atoms with Crippen molar-refractivity contribution in [3.05, 3.63) is 11.6 Å². The SMILES string of the molecule is CNC1(C)C=C(C#N)C(=O)C(C)(C)C1. The topological polar surface area (TPSA) is 52.9 Å². The van der Waals surface area contributed by atoms with Crippen LogP contribution in [0.4, 0.5) is 0 Å². The Morgan fingerprint density at radius 3 is 2.50 bits per heavy atom. The number of hydrogen-bond acceptors (Lipinski definition) is 3. The van der Waals surface area contributed by atoms with Crippen LogP contribution in [0.25, 0.3) is 0 Å². The van der Waals surface area contributed by atoms with Crippen LogP contribution in [0.15, 0.2) is 11.6 Å². The van der Waals surface area contributed by atoms with E-state index in [0.717, 1.165) is 6.42 Å². The highest BCUT2D eigenvalue weighted by atomic mass is 16.1. The third kappa shape index (κ3) is 1.71.